The smallest absolute Gasteiger partial charge is 0.270 e. The monoisotopic (exact) mass is 472 g/mol. The topological polar surface area (TPSA) is 105 Å². The van der Waals surface area contributed by atoms with Crippen molar-refractivity contribution >= 4 is 17.5 Å². The molecule has 182 valence electrons. The Morgan fingerprint density at radius 2 is 1.89 bits per heavy atom. The lowest BCUT2D eigenvalue weighted by atomic mass is 9.52. The summed E-state index contributed by atoms with van der Waals surface area (Å²) in [6, 6.07) is 11.8. The Morgan fingerprint density at radius 3 is 2.54 bits per heavy atom. The number of hydrogen-bond donors (Lipinski definition) is 2. The number of carbonyl (C=O) groups is 1. The van der Waals surface area contributed by atoms with Crippen molar-refractivity contribution in [2.75, 3.05) is 29.4 Å². The van der Waals surface area contributed by atoms with Gasteiger partial charge in [-0.1, -0.05) is 0 Å². The number of nitrogens with one attached hydrogen (secondary N) is 1. The maximum Gasteiger partial charge on any atom is 0.270 e. The van der Waals surface area contributed by atoms with Crippen LogP contribution in [-0.4, -0.2) is 58.3 Å². The third-order valence-electron chi connectivity index (χ3n) is 8.66. The highest BCUT2D eigenvalue weighted by Crippen LogP contribution is 2.55. The zero-order valence-corrected chi connectivity index (χ0v) is 20.1. The fourth-order valence-corrected chi connectivity index (χ4v) is 7.29. The highest BCUT2D eigenvalue weighted by atomic mass is 16.3. The van der Waals surface area contributed by atoms with E-state index in [1.807, 2.05) is 24.3 Å². The van der Waals surface area contributed by atoms with Crippen molar-refractivity contribution in [3.05, 3.63) is 47.8 Å². The van der Waals surface area contributed by atoms with E-state index in [1.165, 1.54) is 0 Å². The second-order valence-electron chi connectivity index (χ2n) is 11.1. The molecule has 8 nitrogen and oxygen atoms in total. The molecule has 2 N–H and O–H groups in total. The molecule has 8 heteroatoms. The lowest BCUT2D eigenvalue weighted by Crippen LogP contribution is -2.61. The number of carbonyl (C=O) groups excluding carboxylic acids is 1. The molecule has 35 heavy (non-hydrogen) atoms. The summed E-state index contributed by atoms with van der Waals surface area (Å²) in [5.74, 6) is 1.80. The van der Waals surface area contributed by atoms with Gasteiger partial charge in [-0.05, 0) is 87.1 Å². The van der Waals surface area contributed by atoms with Crippen LogP contribution in [0, 0.1) is 29.1 Å². The molecule has 1 amide bonds. The van der Waals surface area contributed by atoms with E-state index in [9.17, 15) is 9.90 Å². The molecule has 0 spiro atoms. The summed E-state index contributed by atoms with van der Waals surface area (Å²) < 4.78 is 0. The highest BCUT2D eigenvalue weighted by molar-refractivity contribution is 5.92. The van der Waals surface area contributed by atoms with Crippen LogP contribution in [0.1, 0.15) is 55.1 Å². The predicted octanol–water partition coefficient (Wildman–Crippen LogP) is 2.73. The first kappa shape index (κ1) is 22.3. The van der Waals surface area contributed by atoms with E-state index in [4.69, 9.17) is 5.26 Å². The number of hydrogen-bond acceptors (Lipinski definition) is 7. The van der Waals surface area contributed by atoms with Crippen LogP contribution in [0.4, 0.5) is 11.6 Å². The second-order valence-corrected chi connectivity index (χ2v) is 11.1. The molecule has 7 rings (SSSR count). The number of rotatable bonds is 4. The van der Waals surface area contributed by atoms with Crippen molar-refractivity contribution in [1.82, 2.24) is 15.3 Å². The van der Waals surface area contributed by atoms with Crippen LogP contribution in [0.25, 0.3) is 0 Å². The fraction of sp³-hybridized carbons (Fsp3) is 0.556. The van der Waals surface area contributed by atoms with Crippen molar-refractivity contribution in [1.29, 1.82) is 5.26 Å². The van der Waals surface area contributed by atoms with Crippen LogP contribution in [0.5, 0.6) is 0 Å². The fourth-order valence-electron chi connectivity index (χ4n) is 7.29. The average Bonchev–Trinajstić information content (AvgIpc) is 2.85. The minimum atomic E-state index is -0.504. The number of anilines is 2. The highest BCUT2D eigenvalue weighted by Gasteiger charge is 2.55. The van der Waals surface area contributed by atoms with Crippen LogP contribution in [0.3, 0.4) is 0 Å². The van der Waals surface area contributed by atoms with Gasteiger partial charge in [0, 0.05) is 43.6 Å². The van der Waals surface area contributed by atoms with Crippen LogP contribution < -0.4 is 15.1 Å². The Labute approximate surface area is 206 Å². The first-order valence-electron chi connectivity index (χ1n) is 12.8. The third-order valence-corrected chi connectivity index (χ3v) is 8.66. The number of amides is 1. The van der Waals surface area contributed by atoms with Crippen molar-refractivity contribution in [2.45, 2.75) is 56.7 Å². The molecule has 2 unspecified atom stereocenters. The average molecular weight is 473 g/mol. The Bertz CT molecular complexity index is 1150. The van der Waals surface area contributed by atoms with Gasteiger partial charge in [-0.3, -0.25) is 4.79 Å². The van der Waals surface area contributed by atoms with E-state index in [2.05, 4.69) is 38.1 Å². The van der Waals surface area contributed by atoms with Gasteiger partial charge >= 0.3 is 0 Å². The van der Waals surface area contributed by atoms with Crippen molar-refractivity contribution in [2.24, 2.45) is 17.8 Å². The zero-order chi connectivity index (χ0) is 24.2. The van der Waals surface area contributed by atoms with Gasteiger partial charge in [0.05, 0.1) is 17.2 Å². The number of nitrogens with zero attached hydrogens (tertiary/aromatic N) is 5. The van der Waals surface area contributed by atoms with Crippen LogP contribution in [-0.2, 0) is 0 Å². The number of nitriles is 1. The third kappa shape index (κ3) is 4.12. The van der Waals surface area contributed by atoms with Crippen molar-refractivity contribution < 1.29 is 9.90 Å². The molecule has 2 heterocycles. The first-order valence-corrected chi connectivity index (χ1v) is 12.8. The van der Waals surface area contributed by atoms with E-state index < -0.39 is 5.60 Å². The summed E-state index contributed by atoms with van der Waals surface area (Å²) >= 11 is 0. The van der Waals surface area contributed by atoms with Gasteiger partial charge in [0.25, 0.3) is 5.91 Å². The quantitative estimate of drug-likeness (QED) is 0.705. The molecule has 3 atom stereocenters. The van der Waals surface area contributed by atoms with Crippen molar-refractivity contribution in [3.63, 3.8) is 0 Å². The first-order chi connectivity index (χ1) is 16.9. The summed E-state index contributed by atoms with van der Waals surface area (Å²) in [6.45, 7) is 4.51. The molecule has 1 aliphatic heterocycles. The molecule has 0 radical (unpaired) electrons. The molecule has 1 aromatic carbocycles. The molecule has 1 aromatic heterocycles. The van der Waals surface area contributed by atoms with E-state index >= 15 is 0 Å². The summed E-state index contributed by atoms with van der Waals surface area (Å²) in [5.41, 5.74) is 1.66. The molecule has 1 saturated heterocycles. The molecule has 4 aliphatic carbocycles. The summed E-state index contributed by atoms with van der Waals surface area (Å²) in [4.78, 5) is 26.8. The summed E-state index contributed by atoms with van der Waals surface area (Å²) in [7, 11) is 0. The van der Waals surface area contributed by atoms with Gasteiger partial charge in [-0.2, -0.15) is 5.26 Å². The SMILES string of the molecule is C[C@@H]1CN(c2ccc(C#N)cc2)CCN1c1nccc(C(=O)NC2C3CC4CC2CC(O)(C4)C3)n1. The van der Waals surface area contributed by atoms with Gasteiger partial charge in [0.1, 0.15) is 5.69 Å². The Morgan fingerprint density at radius 1 is 1.14 bits per heavy atom. The minimum Gasteiger partial charge on any atom is -0.390 e. The number of piperazine rings is 1. The molecule has 5 fully saturated rings. The summed E-state index contributed by atoms with van der Waals surface area (Å²) in [5, 5.41) is 23.2. The van der Waals surface area contributed by atoms with Gasteiger partial charge in [0.2, 0.25) is 5.95 Å². The van der Waals surface area contributed by atoms with Crippen LogP contribution in [0.2, 0.25) is 0 Å². The Balaban J connectivity index is 1.12. The zero-order valence-electron chi connectivity index (χ0n) is 20.1. The molecule has 2 aromatic rings. The minimum absolute atomic E-state index is 0.132. The predicted molar refractivity (Wildman–Crippen MR) is 132 cm³/mol. The second kappa shape index (κ2) is 8.49. The molecule has 5 aliphatic rings. The van der Waals surface area contributed by atoms with Gasteiger partial charge in [-0.25, -0.2) is 9.97 Å². The standard InChI is InChI=1S/C27H32N6O2/c1-17-16-32(22-4-2-18(15-28)3-5-22)8-9-33(17)26-29-7-6-23(30-26)25(34)31-24-20-10-19-11-21(24)14-27(35,12-19)13-20/h2-7,17,19-21,24,35H,8-14,16H2,1H3,(H,31,34)/t17-,19?,20?,21?,24?,27?/m1/s1. The number of benzene rings is 1. The maximum absolute atomic E-state index is 13.2. The van der Waals surface area contributed by atoms with Gasteiger partial charge in [-0.15, -0.1) is 0 Å². The van der Waals surface area contributed by atoms with E-state index in [1.54, 1.807) is 12.3 Å². The van der Waals surface area contributed by atoms with Gasteiger partial charge < -0.3 is 20.2 Å². The molecule has 4 saturated carbocycles. The van der Waals surface area contributed by atoms with Crippen LogP contribution >= 0.6 is 0 Å². The Kier molecular flexibility index (Phi) is 5.41. The van der Waals surface area contributed by atoms with E-state index in [0.717, 1.165) is 57.4 Å². The molecular weight excluding hydrogens is 440 g/mol. The Hall–Kier alpha value is -3.18. The van der Waals surface area contributed by atoms with E-state index in [0.29, 0.717) is 35.0 Å². The van der Waals surface area contributed by atoms with Crippen molar-refractivity contribution in [3.8, 4) is 6.07 Å². The van der Waals surface area contributed by atoms with E-state index in [-0.39, 0.29) is 18.0 Å². The lowest BCUT2D eigenvalue weighted by molar-refractivity contribution is -0.136. The molecular formula is C27H32N6O2. The van der Waals surface area contributed by atoms with Gasteiger partial charge in [0.15, 0.2) is 0 Å². The summed E-state index contributed by atoms with van der Waals surface area (Å²) in [6.07, 6.45) is 6.45. The number of aliphatic hydroxyl groups is 1. The number of aromatic nitrogens is 2. The normalized spacial score (nSPS) is 33.5. The largest absolute Gasteiger partial charge is 0.390 e. The lowest BCUT2D eigenvalue weighted by Gasteiger charge is -2.58. The maximum atomic E-state index is 13.2. The molecule has 4 bridgehead atoms. The van der Waals surface area contributed by atoms with Crippen LogP contribution in [0.15, 0.2) is 36.5 Å².